The van der Waals surface area contributed by atoms with E-state index in [1.54, 1.807) is 16.9 Å². The molecule has 0 unspecified atom stereocenters. The second kappa shape index (κ2) is 4.90. The molecule has 0 bridgehead atoms. The Labute approximate surface area is 103 Å². The number of piperidine rings is 1. The first-order chi connectivity index (χ1) is 8.09. The van der Waals surface area contributed by atoms with Gasteiger partial charge in [0.1, 0.15) is 5.69 Å². The summed E-state index contributed by atoms with van der Waals surface area (Å²) in [6.45, 7) is 6.30. The Bertz CT molecular complexity index is 389. The monoisotopic (exact) mass is 235 g/mol. The lowest BCUT2D eigenvalue weighted by Gasteiger charge is -2.33. The number of aryl methyl sites for hydroxylation is 1. The highest BCUT2D eigenvalue weighted by atomic mass is 16.2. The van der Waals surface area contributed by atoms with Crippen LogP contribution < -0.4 is 0 Å². The standard InChI is InChI=1S/C13H21N3O/c1-10(2)11-5-8-16(9-6-11)13(17)12-4-7-14-15(12)3/h4,7,10-11H,5-6,8-9H2,1-3H3. The SMILES string of the molecule is CC(C)C1CCN(C(=O)c2ccnn2C)CC1. The van der Waals surface area contributed by atoms with Gasteiger partial charge in [0.2, 0.25) is 0 Å². The van der Waals surface area contributed by atoms with Crippen molar-refractivity contribution in [3.05, 3.63) is 18.0 Å². The van der Waals surface area contributed by atoms with Crippen molar-refractivity contribution in [2.24, 2.45) is 18.9 Å². The number of rotatable bonds is 2. The summed E-state index contributed by atoms with van der Waals surface area (Å²) in [4.78, 5) is 14.2. The second-order valence-corrected chi connectivity index (χ2v) is 5.21. The third kappa shape index (κ3) is 2.51. The fraction of sp³-hybridized carbons (Fsp3) is 0.692. The van der Waals surface area contributed by atoms with E-state index in [-0.39, 0.29) is 5.91 Å². The molecule has 0 aliphatic carbocycles. The molecule has 0 spiro atoms. The van der Waals surface area contributed by atoms with Crippen molar-refractivity contribution < 1.29 is 4.79 Å². The van der Waals surface area contributed by atoms with E-state index in [0.29, 0.717) is 5.69 Å². The topological polar surface area (TPSA) is 38.1 Å². The zero-order valence-corrected chi connectivity index (χ0v) is 10.9. The summed E-state index contributed by atoms with van der Waals surface area (Å²) in [6.07, 6.45) is 3.93. The maximum atomic E-state index is 12.2. The number of nitrogens with zero attached hydrogens (tertiary/aromatic N) is 3. The van der Waals surface area contributed by atoms with Crippen LogP contribution in [0.15, 0.2) is 12.3 Å². The van der Waals surface area contributed by atoms with Gasteiger partial charge in [0.15, 0.2) is 0 Å². The number of carbonyl (C=O) groups is 1. The zero-order chi connectivity index (χ0) is 12.4. The Morgan fingerprint density at radius 1 is 1.41 bits per heavy atom. The van der Waals surface area contributed by atoms with Gasteiger partial charge in [0.25, 0.3) is 5.91 Å². The third-order valence-electron chi connectivity index (χ3n) is 3.81. The van der Waals surface area contributed by atoms with E-state index in [9.17, 15) is 4.79 Å². The largest absolute Gasteiger partial charge is 0.337 e. The van der Waals surface area contributed by atoms with Crippen LogP contribution in [-0.2, 0) is 7.05 Å². The van der Waals surface area contributed by atoms with Gasteiger partial charge in [0.05, 0.1) is 0 Å². The highest BCUT2D eigenvalue weighted by molar-refractivity contribution is 5.92. The zero-order valence-electron chi connectivity index (χ0n) is 10.9. The molecular formula is C13H21N3O. The highest BCUT2D eigenvalue weighted by Gasteiger charge is 2.26. The van der Waals surface area contributed by atoms with Crippen LogP contribution in [0.5, 0.6) is 0 Å². The van der Waals surface area contributed by atoms with E-state index in [1.807, 2.05) is 11.9 Å². The van der Waals surface area contributed by atoms with E-state index in [4.69, 9.17) is 0 Å². The lowest BCUT2D eigenvalue weighted by atomic mass is 9.86. The Kier molecular flexibility index (Phi) is 3.50. The number of carbonyl (C=O) groups excluding carboxylic acids is 1. The molecule has 2 heterocycles. The number of hydrogen-bond acceptors (Lipinski definition) is 2. The molecule has 4 nitrogen and oxygen atoms in total. The predicted molar refractivity (Wildman–Crippen MR) is 66.7 cm³/mol. The van der Waals surface area contributed by atoms with Crippen molar-refractivity contribution in [1.82, 2.24) is 14.7 Å². The van der Waals surface area contributed by atoms with Crippen molar-refractivity contribution in [3.63, 3.8) is 0 Å². The van der Waals surface area contributed by atoms with Crippen molar-refractivity contribution in [2.45, 2.75) is 26.7 Å². The van der Waals surface area contributed by atoms with Gasteiger partial charge in [-0.2, -0.15) is 5.10 Å². The molecule has 0 atom stereocenters. The van der Waals surface area contributed by atoms with Crippen LogP contribution in [0.25, 0.3) is 0 Å². The van der Waals surface area contributed by atoms with Crippen LogP contribution in [0.4, 0.5) is 0 Å². The van der Waals surface area contributed by atoms with Gasteiger partial charge in [0, 0.05) is 26.3 Å². The summed E-state index contributed by atoms with van der Waals surface area (Å²) in [7, 11) is 1.81. The van der Waals surface area contributed by atoms with Crippen molar-refractivity contribution in [3.8, 4) is 0 Å². The second-order valence-electron chi connectivity index (χ2n) is 5.21. The Morgan fingerprint density at radius 3 is 2.53 bits per heavy atom. The van der Waals surface area contributed by atoms with Crippen LogP contribution in [0, 0.1) is 11.8 Å². The third-order valence-corrected chi connectivity index (χ3v) is 3.81. The minimum Gasteiger partial charge on any atom is -0.337 e. The minimum atomic E-state index is 0.118. The van der Waals surface area contributed by atoms with Gasteiger partial charge < -0.3 is 4.90 Å². The molecule has 94 valence electrons. The maximum absolute atomic E-state index is 12.2. The van der Waals surface area contributed by atoms with Crippen LogP contribution in [0.3, 0.4) is 0 Å². The normalized spacial score (nSPS) is 17.8. The first-order valence-electron chi connectivity index (χ1n) is 6.37. The fourth-order valence-corrected chi connectivity index (χ4v) is 2.51. The molecule has 1 fully saturated rings. The number of amides is 1. The van der Waals surface area contributed by atoms with Crippen LogP contribution in [-0.4, -0.2) is 33.7 Å². The molecule has 1 aromatic heterocycles. The molecule has 1 saturated heterocycles. The Balaban J connectivity index is 1.98. The molecule has 0 N–H and O–H groups in total. The summed E-state index contributed by atoms with van der Waals surface area (Å²) in [5.41, 5.74) is 0.688. The molecule has 1 aliphatic rings. The molecule has 1 amide bonds. The first-order valence-corrected chi connectivity index (χ1v) is 6.37. The van der Waals surface area contributed by atoms with E-state index < -0.39 is 0 Å². The van der Waals surface area contributed by atoms with Crippen LogP contribution in [0.1, 0.15) is 37.2 Å². The van der Waals surface area contributed by atoms with E-state index in [2.05, 4.69) is 18.9 Å². The molecule has 0 radical (unpaired) electrons. The number of aromatic nitrogens is 2. The van der Waals surface area contributed by atoms with Gasteiger partial charge >= 0.3 is 0 Å². The van der Waals surface area contributed by atoms with Crippen molar-refractivity contribution in [2.75, 3.05) is 13.1 Å². The summed E-state index contributed by atoms with van der Waals surface area (Å²) >= 11 is 0. The van der Waals surface area contributed by atoms with Gasteiger partial charge in [-0.1, -0.05) is 13.8 Å². The number of hydrogen-bond donors (Lipinski definition) is 0. The van der Waals surface area contributed by atoms with Gasteiger partial charge in [-0.25, -0.2) is 0 Å². The Hall–Kier alpha value is -1.32. The molecule has 1 aliphatic heterocycles. The molecule has 0 saturated carbocycles. The maximum Gasteiger partial charge on any atom is 0.272 e. The molecule has 17 heavy (non-hydrogen) atoms. The Morgan fingerprint density at radius 2 is 2.06 bits per heavy atom. The smallest absolute Gasteiger partial charge is 0.272 e. The van der Waals surface area contributed by atoms with Gasteiger partial charge in [-0.15, -0.1) is 0 Å². The average Bonchev–Trinajstić information content (AvgIpc) is 2.74. The van der Waals surface area contributed by atoms with Gasteiger partial charge in [-0.05, 0) is 30.7 Å². The van der Waals surface area contributed by atoms with E-state index >= 15 is 0 Å². The molecule has 2 rings (SSSR count). The summed E-state index contributed by atoms with van der Waals surface area (Å²) in [5, 5.41) is 4.04. The highest BCUT2D eigenvalue weighted by Crippen LogP contribution is 2.25. The van der Waals surface area contributed by atoms with Crippen molar-refractivity contribution >= 4 is 5.91 Å². The molecule has 0 aromatic carbocycles. The van der Waals surface area contributed by atoms with Gasteiger partial charge in [-0.3, -0.25) is 9.48 Å². The molecule has 1 aromatic rings. The van der Waals surface area contributed by atoms with Crippen LogP contribution >= 0.6 is 0 Å². The quantitative estimate of drug-likeness (QED) is 0.785. The van der Waals surface area contributed by atoms with Crippen molar-refractivity contribution in [1.29, 1.82) is 0 Å². The van der Waals surface area contributed by atoms with E-state index in [1.165, 1.54) is 0 Å². The molecule has 4 heteroatoms. The number of likely N-dealkylation sites (tertiary alicyclic amines) is 1. The summed E-state index contributed by atoms with van der Waals surface area (Å²) < 4.78 is 1.65. The van der Waals surface area contributed by atoms with E-state index in [0.717, 1.165) is 37.8 Å². The fourth-order valence-electron chi connectivity index (χ4n) is 2.51. The first kappa shape index (κ1) is 12.1. The average molecular weight is 235 g/mol. The molecular weight excluding hydrogens is 214 g/mol. The lowest BCUT2D eigenvalue weighted by molar-refractivity contribution is 0.0656. The lowest BCUT2D eigenvalue weighted by Crippen LogP contribution is -2.40. The minimum absolute atomic E-state index is 0.118. The predicted octanol–water partition coefficient (Wildman–Crippen LogP) is 1.93. The summed E-state index contributed by atoms with van der Waals surface area (Å²) in [6, 6.07) is 1.79. The van der Waals surface area contributed by atoms with Crippen LogP contribution in [0.2, 0.25) is 0 Å². The summed E-state index contributed by atoms with van der Waals surface area (Å²) in [5.74, 6) is 1.61.